The zero-order valence-corrected chi connectivity index (χ0v) is 16.3. The standard InChI is InChI=1S/C20H13F6N3O3/c1-8-3-4-9(5-10(8)19(21,22)23)27-18(31)16-13-7-12(30)17(32-13)15(16)11-6-14(20(24,25)26)28-29(11)2/h3-7,30H,1-2H3,(H,27,31). The minimum Gasteiger partial charge on any atom is -0.504 e. The fraction of sp³-hybridized carbons (Fsp3) is 0.200. The lowest BCUT2D eigenvalue weighted by molar-refractivity contribution is -0.141. The minimum absolute atomic E-state index is 0.0500. The largest absolute Gasteiger partial charge is 0.504 e. The zero-order chi connectivity index (χ0) is 23.6. The van der Waals surface area contributed by atoms with Gasteiger partial charge in [-0.15, -0.1) is 0 Å². The van der Waals surface area contributed by atoms with Crippen LogP contribution in [0.3, 0.4) is 0 Å². The molecule has 1 amide bonds. The molecule has 0 aliphatic heterocycles. The van der Waals surface area contributed by atoms with Crippen molar-refractivity contribution in [2.24, 2.45) is 7.05 Å². The van der Waals surface area contributed by atoms with Crippen LogP contribution in [-0.4, -0.2) is 20.8 Å². The third kappa shape index (κ3) is 3.51. The van der Waals surface area contributed by atoms with E-state index in [-0.39, 0.29) is 39.2 Å². The van der Waals surface area contributed by atoms with Crippen LogP contribution in [0.15, 0.2) is 34.7 Å². The number of aromatic hydroxyl groups is 1. The number of hydrogen-bond donors (Lipinski definition) is 2. The number of alkyl halides is 6. The van der Waals surface area contributed by atoms with Crippen molar-refractivity contribution in [3.63, 3.8) is 0 Å². The molecule has 0 saturated heterocycles. The third-order valence-corrected chi connectivity index (χ3v) is 4.89. The molecule has 6 nitrogen and oxygen atoms in total. The summed E-state index contributed by atoms with van der Waals surface area (Å²) in [6.07, 6.45) is -9.41. The van der Waals surface area contributed by atoms with Gasteiger partial charge in [0.2, 0.25) is 0 Å². The van der Waals surface area contributed by atoms with Crippen molar-refractivity contribution >= 4 is 22.8 Å². The van der Waals surface area contributed by atoms with Crippen LogP contribution in [0.4, 0.5) is 32.0 Å². The highest BCUT2D eigenvalue weighted by Gasteiger charge is 2.37. The third-order valence-electron chi connectivity index (χ3n) is 4.89. The van der Waals surface area contributed by atoms with Crippen LogP contribution in [-0.2, 0) is 19.4 Å². The second-order valence-electron chi connectivity index (χ2n) is 7.09. The number of carbonyl (C=O) groups is 1. The smallest absolute Gasteiger partial charge is 0.435 e. The highest BCUT2D eigenvalue weighted by molar-refractivity contribution is 6.17. The first kappa shape index (κ1) is 21.5. The molecule has 3 heterocycles. The summed E-state index contributed by atoms with van der Waals surface area (Å²) >= 11 is 0. The van der Waals surface area contributed by atoms with E-state index in [9.17, 15) is 36.2 Å². The van der Waals surface area contributed by atoms with E-state index in [2.05, 4.69) is 10.4 Å². The summed E-state index contributed by atoms with van der Waals surface area (Å²) in [5.74, 6) is -1.34. The van der Waals surface area contributed by atoms with Crippen LogP contribution in [0, 0.1) is 6.92 Å². The molecule has 2 bridgehead atoms. The molecule has 2 N–H and O–H groups in total. The molecular formula is C20H13F6N3O3. The summed E-state index contributed by atoms with van der Waals surface area (Å²) in [4.78, 5) is 12.9. The fourth-order valence-corrected chi connectivity index (χ4v) is 3.43. The zero-order valence-electron chi connectivity index (χ0n) is 16.3. The number of amides is 1. The molecule has 0 radical (unpaired) electrons. The second-order valence-corrected chi connectivity index (χ2v) is 7.09. The van der Waals surface area contributed by atoms with Crippen molar-refractivity contribution in [3.05, 3.63) is 52.7 Å². The van der Waals surface area contributed by atoms with Crippen LogP contribution < -0.4 is 5.32 Å². The van der Waals surface area contributed by atoms with Gasteiger partial charge in [-0.25, -0.2) is 0 Å². The van der Waals surface area contributed by atoms with E-state index in [1.165, 1.54) is 26.1 Å². The maximum absolute atomic E-state index is 13.2. The van der Waals surface area contributed by atoms with E-state index in [0.29, 0.717) is 6.07 Å². The molecule has 0 spiro atoms. The topological polar surface area (TPSA) is 80.3 Å². The van der Waals surface area contributed by atoms with Crippen LogP contribution in [0.1, 0.15) is 27.2 Å². The normalized spacial score (nSPS) is 12.6. The lowest BCUT2D eigenvalue weighted by Crippen LogP contribution is -2.15. The Morgan fingerprint density at radius 2 is 1.78 bits per heavy atom. The number of furan rings is 2. The molecule has 0 aliphatic carbocycles. The molecule has 4 aromatic rings. The van der Waals surface area contributed by atoms with Crippen molar-refractivity contribution in [1.29, 1.82) is 0 Å². The summed E-state index contributed by atoms with van der Waals surface area (Å²) in [6.45, 7) is 1.26. The van der Waals surface area contributed by atoms with Crippen LogP contribution in [0.25, 0.3) is 22.4 Å². The van der Waals surface area contributed by atoms with Gasteiger partial charge in [-0.2, -0.15) is 31.4 Å². The molecule has 4 rings (SSSR count). The molecular weight excluding hydrogens is 444 g/mol. The van der Waals surface area contributed by atoms with E-state index in [0.717, 1.165) is 16.8 Å². The van der Waals surface area contributed by atoms with Crippen molar-refractivity contribution in [2.45, 2.75) is 19.3 Å². The van der Waals surface area contributed by atoms with Crippen molar-refractivity contribution in [1.82, 2.24) is 9.78 Å². The number of carbonyl (C=O) groups excluding carboxylic acids is 1. The number of aryl methyl sites for hydroxylation is 2. The van der Waals surface area contributed by atoms with Gasteiger partial charge >= 0.3 is 12.4 Å². The second kappa shape index (κ2) is 6.90. The van der Waals surface area contributed by atoms with E-state index in [4.69, 9.17) is 4.42 Å². The maximum Gasteiger partial charge on any atom is 0.435 e. The summed E-state index contributed by atoms with van der Waals surface area (Å²) in [5.41, 5.74) is -3.39. The summed E-state index contributed by atoms with van der Waals surface area (Å²) in [5, 5.41) is 15.7. The number of anilines is 1. The predicted octanol–water partition coefficient (Wildman–Crippen LogP) is 5.58. The minimum atomic E-state index is -4.76. The number of rotatable bonds is 3. The Hall–Kier alpha value is -3.70. The Kier molecular flexibility index (Phi) is 4.64. The number of hydrogen-bond acceptors (Lipinski definition) is 4. The van der Waals surface area contributed by atoms with Gasteiger partial charge in [-0.1, -0.05) is 6.07 Å². The molecule has 0 unspecified atom stereocenters. The van der Waals surface area contributed by atoms with Gasteiger partial charge in [0, 0.05) is 18.8 Å². The highest BCUT2D eigenvalue weighted by Crippen LogP contribution is 2.44. The molecule has 0 aliphatic rings. The van der Waals surface area contributed by atoms with E-state index >= 15 is 0 Å². The van der Waals surface area contributed by atoms with Gasteiger partial charge in [-0.05, 0) is 30.7 Å². The average Bonchev–Trinajstić information content (AvgIpc) is 3.33. The summed E-state index contributed by atoms with van der Waals surface area (Å²) in [6, 6.07) is 4.95. The number of halogens is 6. The lowest BCUT2D eigenvalue weighted by Gasteiger charge is -2.13. The SMILES string of the molecule is Cc1ccc(NC(=O)c2c(-c3cc(C(F)(F)F)nn3C)c3oc2cc3O)cc1C(F)(F)F. The first-order chi connectivity index (χ1) is 14.8. The molecule has 168 valence electrons. The first-order valence-corrected chi connectivity index (χ1v) is 8.96. The molecule has 1 aromatic carbocycles. The Bertz CT molecular complexity index is 1330. The van der Waals surface area contributed by atoms with Gasteiger partial charge < -0.3 is 14.8 Å². The Labute approximate surface area is 175 Å². The molecule has 0 fully saturated rings. The maximum atomic E-state index is 13.2. The Balaban J connectivity index is 1.79. The Morgan fingerprint density at radius 1 is 1.09 bits per heavy atom. The summed E-state index contributed by atoms with van der Waals surface area (Å²) < 4.78 is 84.9. The average molecular weight is 457 g/mol. The molecule has 12 heteroatoms. The number of aromatic nitrogens is 2. The van der Waals surface area contributed by atoms with Crippen LogP contribution in [0.2, 0.25) is 0 Å². The molecule has 0 saturated carbocycles. The van der Waals surface area contributed by atoms with E-state index in [1.54, 1.807) is 0 Å². The van der Waals surface area contributed by atoms with Crippen LogP contribution in [0.5, 0.6) is 5.75 Å². The van der Waals surface area contributed by atoms with Gasteiger partial charge in [0.15, 0.2) is 17.0 Å². The van der Waals surface area contributed by atoms with Crippen molar-refractivity contribution < 1.29 is 40.7 Å². The quantitative estimate of drug-likeness (QED) is 0.394. The lowest BCUT2D eigenvalue weighted by atomic mass is 10.0. The predicted molar refractivity (Wildman–Crippen MR) is 100 cm³/mol. The number of fused-ring (bicyclic) bond motifs is 2. The molecule has 0 atom stereocenters. The monoisotopic (exact) mass is 457 g/mol. The van der Waals surface area contributed by atoms with Gasteiger partial charge in [0.25, 0.3) is 5.91 Å². The Morgan fingerprint density at radius 3 is 2.38 bits per heavy atom. The van der Waals surface area contributed by atoms with Gasteiger partial charge in [0.05, 0.1) is 22.4 Å². The molecule has 3 aromatic heterocycles. The number of phenols is 1. The summed E-state index contributed by atoms with van der Waals surface area (Å²) in [7, 11) is 1.21. The van der Waals surface area contributed by atoms with Crippen molar-refractivity contribution in [2.75, 3.05) is 5.32 Å². The molecule has 32 heavy (non-hydrogen) atoms. The number of nitrogens with one attached hydrogen (secondary N) is 1. The van der Waals surface area contributed by atoms with Crippen LogP contribution >= 0.6 is 0 Å². The van der Waals surface area contributed by atoms with Gasteiger partial charge in [-0.3, -0.25) is 9.48 Å². The first-order valence-electron chi connectivity index (χ1n) is 8.96. The number of nitrogens with zero attached hydrogens (tertiary/aromatic N) is 2. The number of benzene rings is 2. The fourth-order valence-electron chi connectivity index (χ4n) is 3.43. The van der Waals surface area contributed by atoms with Crippen molar-refractivity contribution in [3.8, 4) is 17.0 Å². The van der Waals surface area contributed by atoms with E-state index < -0.39 is 35.3 Å². The van der Waals surface area contributed by atoms with E-state index in [1.807, 2.05) is 0 Å². The number of phenolic OH excluding ortho intramolecular Hbond substituents is 1. The highest BCUT2D eigenvalue weighted by atomic mass is 19.4. The van der Waals surface area contributed by atoms with Gasteiger partial charge in [0.1, 0.15) is 5.58 Å².